The van der Waals surface area contributed by atoms with Crippen LogP contribution in [-0.2, 0) is 16.0 Å². The lowest BCUT2D eigenvalue weighted by Gasteiger charge is -2.25. The third-order valence-electron chi connectivity index (χ3n) is 3.54. The molecule has 106 valence electrons. The summed E-state index contributed by atoms with van der Waals surface area (Å²) in [6, 6.07) is 2.21. The van der Waals surface area contributed by atoms with Crippen molar-refractivity contribution in [3.8, 4) is 0 Å². The zero-order valence-electron chi connectivity index (χ0n) is 11.2. The minimum atomic E-state index is 0.0321. The molecular weight excluding hydrogens is 326 g/mol. The molecule has 0 spiro atoms. The summed E-state index contributed by atoms with van der Waals surface area (Å²) >= 11 is 5.19. The molecule has 1 aromatic rings. The third kappa shape index (κ3) is 3.80. The van der Waals surface area contributed by atoms with Crippen LogP contribution in [0.25, 0.3) is 0 Å². The van der Waals surface area contributed by atoms with Crippen molar-refractivity contribution in [1.29, 1.82) is 0 Å². The van der Waals surface area contributed by atoms with Crippen LogP contribution in [0.15, 0.2) is 11.4 Å². The minimum Gasteiger partial charge on any atom is -0.383 e. The summed E-state index contributed by atoms with van der Waals surface area (Å²) in [5.41, 5.74) is 1.24. The zero-order chi connectivity index (χ0) is 13.7. The molecule has 0 saturated heterocycles. The number of hydrogen-bond acceptors (Lipinski definition) is 3. The number of methoxy groups -OCH3 is 1. The van der Waals surface area contributed by atoms with E-state index in [0.717, 1.165) is 31.0 Å². The average molecular weight is 346 g/mol. The highest BCUT2D eigenvalue weighted by molar-refractivity contribution is 9.09. The summed E-state index contributed by atoms with van der Waals surface area (Å²) in [5.74, 6) is 0.187. The number of hydrogen-bond donors (Lipinski definition) is 1. The predicted octanol–water partition coefficient (Wildman–Crippen LogP) is 3.08. The van der Waals surface area contributed by atoms with Gasteiger partial charge in [0.1, 0.15) is 0 Å². The van der Waals surface area contributed by atoms with Crippen LogP contribution in [0.3, 0.4) is 0 Å². The van der Waals surface area contributed by atoms with Crippen LogP contribution in [0.5, 0.6) is 0 Å². The van der Waals surface area contributed by atoms with Gasteiger partial charge in [-0.25, -0.2) is 0 Å². The molecule has 1 aliphatic carbocycles. The van der Waals surface area contributed by atoms with Crippen LogP contribution in [0.4, 0.5) is 0 Å². The van der Waals surface area contributed by atoms with Crippen molar-refractivity contribution in [2.75, 3.05) is 19.0 Å². The molecule has 3 nitrogen and oxygen atoms in total. The first-order valence-corrected chi connectivity index (χ1v) is 8.68. The van der Waals surface area contributed by atoms with Gasteiger partial charge >= 0.3 is 0 Å². The average Bonchev–Trinajstić information content (AvgIpc) is 2.87. The van der Waals surface area contributed by atoms with Crippen LogP contribution in [0.2, 0.25) is 0 Å². The number of carbonyl (C=O) groups is 1. The molecule has 0 fully saturated rings. The number of fused-ring (bicyclic) bond motifs is 1. The summed E-state index contributed by atoms with van der Waals surface area (Å²) in [5, 5.41) is 6.10. The molecule has 19 heavy (non-hydrogen) atoms. The lowest BCUT2D eigenvalue weighted by molar-refractivity contribution is -0.124. The molecule has 0 aliphatic heterocycles. The molecule has 2 rings (SSSR count). The quantitative estimate of drug-likeness (QED) is 0.804. The molecule has 1 amide bonds. The van der Waals surface area contributed by atoms with Gasteiger partial charge < -0.3 is 10.1 Å². The Bertz CT molecular complexity index is 415. The highest BCUT2D eigenvalue weighted by atomic mass is 79.9. The van der Waals surface area contributed by atoms with E-state index in [9.17, 15) is 4.79 Å². The Balaban J connectivity index is 2.00. The summed E-state index contributed by atoms with van der Waals surface area (Å²) in [6.45, 7) is 0.570. The lowest BCUT2D eigenvalue weighted by atomic mass is 9.87. The van der Waals surface area contributed by atoms with Crippen molar-refractivity contribution in [2.24, 2.45) is 0 Å². The summed E-state index contributed by atoms with van der Waals surface area (Å²) in [4.78, 5) is 13.8. The topological polar surface area (TPSA) is 38.3 Å². The number of halogens is 1. The standard InChI is InChI=1S/C14H20BrNO2S/c1-18-9-10(5-7-15)16-14(17)12-3-2-4-13-11(12)6-8-19-13/h6,8,10,12H,2-5,7,9H2,1H3,(H,16,17). The Morgan fingerprint density at radius 3 is 3.26 bits per heavy atom. The van der Waals surface area contributed by atoms with Crippen LogP contribution < -0.4 is 5.32 Å². The summed E-state index contributed by atoms with van der Waals surface area (Å²) < 4.78 is 5.17. The second kappa shape index (κ2) is 7.41. The molecule has 1 aromatic heterocycles. The SMILES string of the molecule is COCC(CCBr)NC(=O)C1CCCc2sccc21. The van der Waals surface area contributed by atoms with Gasteiger partial charge in [-0.1, -0.05) is 15.9 Å². The van der Waals surface area contributed by atoms with Gasteiger partial charge in [-0.3, -0.25) is 4.79 Å². The third-order valence-corrected chi connectivity index (χ3v) is 4.99. The first-order valence-electron chi connectivity index (χ1n) is 6.67. The number of thiophene rings is 1. The van der Waals surface area contributed by atoms with Crippen molar-refractivity contribution in [1.82, 2.24) is 5.32 Å². The predicted molar refractivity (Wildman–Crippen MR) is 82.2 cm³/mol. The molecule has 0 saturated carbocycles. The fraction of sp³-hybridized carbons (Fsp3) is 0.643. The van der Waals surface area contributed by atoms with Gasteiger partial charge in [0.15, 0.2) is 0 Å². The number of alkyl halides is 1. The van der Waals surface area contributed by atoms with E-state index in [1.54, 1.807) is 18.4 Å². The smallest absolute Gasteiger partial charge is 0.227 e. The maximum atomic E-state index is 12.4. The number of carbonyl (C=O) groups excluding carboxylic acids is 1. The fourth-order valence-electron chi connectivity index (χ4n) is 2.59. The first-order chi connectivity index (χ1) is 9.26. The lowest BCUT2D eigenvalue weighted by Crippen LogP contribution is -2.41. The highest BCUT2D eigenvalue weighted by Gasteiger charge is 2.28. The van der Waals surface area contributed by atoms with Gasteiger partial charge in [-0.05, 0) is 42.7 Å². The van der Waals surface area contributed by atoms with E-state index in [-0.39, 0.29) is 17.9 Å². The number of nitrogens with one attached hydrogen (secondary N) is 1. The van der Waals surface area contributed by atoms with Crippen LogP contribution in [0.1, 0.15) is 35.6 Å². The zero-order valence-corrected chi connectivity index (χ0v) is 13.6. The van der Waals surface area contributed by atoms with Crippen molar-refractivity contribution in [2.45, 2.75) is 37.6 Å². The molecule has 2 atom stereocenters. The second-order valence-corrected chi connectivity index (χ2v) is 6.68. The van der Waals surface area contributed by atoms with Crippen LogP contribution >= 0.6 is 27.3 Å². The van der Waals surface area contributed by atoms with E-state index in [1.165, 1.54) is 10.4 Å². The van der Waals surface area contributed by atoms with E-state index in [1.807, 2.05) is 0 Å². The molecule has 0 radical (unpaired) electrons. The molecule has 5 heteroatoms. The molecule has 0 bridgehead atoms. The maximum Gasteiger partial charge on any atom is 0.227 e. The second-order valence-electron chi connectivity index (χ2n) is 4.88. The Labute approximate surface area is 126 Å². The van der Waals surface area contributed by atoms with Crippen LogP contribution in [0, 0.1) is 0 Å². The summed E-state index contributed by atoms with van der Waals surface area (Å²) in [6.07, 6.45) is 4.09. The van der Waals surface area contributed by atoms with Crippen molar-refractivity contribution >= 4 is 33.2 Å². The van der Waals surface area contributed by atoms with Gasteiger partial charge in [0, 0.05) is 17.3 Å². The van der Waals surface area contributed by atoms with E-state index in [2.05, 4.69) is 32.7 Å². The van der Waals surface area contributed by atoms with Gasteiger partial charge in [-0.2, -0.15) is 0 Å². The molecule has 2 unspecified atom stereocenters. The van der Waals surface area contributed by atoms with Crippen molar-refractivity contribution in [3.05, 3.63) is 21.9 Å². The molecule has 1 heterocycles. The maximum absolute atomic E-state index is 12.4. The van der Waals surface area contributed by atoms with Gasteiger partial charge in [0.2, 0.25) is 5.91 Å². The van der Waals surface area contributed by atoms with Crippen molar-refractivity contribution in [3.63, 3.8) is 0 Å². The Morgan fingerprint density at radius 1 is 1.68 bits per heavy atom. The summed E-state index contributed by atoms with van der Waals surface area (Å²) in [7, 11) is 1.67. The van der Waals surface area contributed by atoms with E-state index < -0.39 is 0 Å². The molecule has 0 aromatic carbocycles. The van der Waals surface area contributed by atoms with Crippen molar-refractivity contribution < 1.29 is 9.53 Å². The van der Waals surface area contributed by atoms with Crippen LogP contribution in [-0.4, -0.2) is 31.0 Å². The molecule has 1 N–H and O–H groups in total. The normalized spacial score (nSPS) is 19.8. The fourth-order valence-corrected chi connectivity index (χ4v) is 4.13. The highest BCUT2D eigenvalue weighted by Crippen LogP contribution is 2.35. The molecule has 1 aliphatic rings. The number of rotatable bonds is 6. The number of ether oxygens (including phenoxy) is 1. The van der Waals surface area contributed by atoms with Gasteiger partial charge in [0.25, 0.3) is 0 Å². The number of amides is 1. The van der Waals surface area contributed by atoms with E-state index in [4.69, 9.17) is 4.74 Å². The van der Waals surface area contributed by atoms with Gasteiger partial charge in [-0.15, -0.1) is 11.3 Å². The largest absolute Gasteiger partial charge is 0.383 e. The minimum absolute atomic E-state index is 0.0321. The van der Waals surface area contributed by atoms with Gasteiger partial charge in [0.05, 0.1) is 18.6 Å². The molecular formula is C14H20BrNO2S. The Morgan fingerprint density at radius 2 is 2.53 bits per heavy atom. The van der Waals surface area contributed by atoms with E-state index >= 15 is 0 Å². The Kier molecular flexibility index (Phi) is 5.85. The first kappa shape index (κ1) is 15.0. The monoisotopic (exact) mass is 345 g/mol. The Hall–Kier alpha value is -0.390. The van der Waals surface area contributed by atoms with E-state index in [0.29, 0.717) is 6.61 Å². The number of aryl methyl sites for hydroxylation is 1.